The summed E-state index contributed by atoms with van der Waals surface area (Å²) in [5, 5.41) is 0. The average Bonchev–Trinajstić information content (AvgIpc) is 2.23. The Morgan fingerprint density at radius 2 is 1.60 bits per heavy atom. The standard InChI is InChI=1S/C15H30/c1-6-9-13(4)11-12-14(5)15(8-3)10-7-2/h13,15H,5-12H2,1-4H3. The molecule has 0 fully saturated rings. The molecule has 0 radical (unpaired) electrons. The van der Waals surface area contributed by atoms with Crippen molar-refractivity contribution in [3.05, 3.63) is 12.2 Å². The van der Waals surface area contributed by atoms with E-state index in [1.165, 1.54) is 50.5 Å². The van der Waals surface area contributed by atoms with Crippen LogP contribution in [-0.4, -0.2) is 0 Å². The first-order valence-electron chi connectivity index (χ1n) is 6.83. The Kier molecular flexibility index (Phi) is 8.85. The Morgan fingerprint density at radius 1 is 1.00 bits per heavy atom. The molecule has 0 spiro atoms. The zero-order valence-electron chi connectivity index (χ0n) is 11.3. The average molecular weight is 210 g/mol. The van der Waals surface area contributed by atoms with Gasteiger partial charge in [0.1, 0.15) is 0 Å². The van der Waals surface area contributed by atoms with Crippen LogP contribution in [0.3, 0.4) is 0 Å². The van der Waals surface area contributed by atoms with Gasteiger partial charge in [-0.3, -0.25) is 0 Å². The first kappa shape index (κ1) is 14.7. The predicted octanol–water partition coefficient (Wildman–Crippen LogP) is 5.59. The molecule has 0 aromatic rings. The smallest absolute Gasteiger partial charge is 0.0209 e. The van der Waals surface area contributed by atoms with Gasteiger partial charge in [-0.1, -0.05) is 59.1 Å². The SMILES string of the molecule is C=C(CCC(C)CCC)C(CC)CCC. The zero-order chi connectivity index (χ0) is 11.7. The van der Waals surface area contributed by atoms with Crippen molar-refractivity contribution in [3.8, 4) is 0 Å². The fourth-order valence-corrected chi connectivity index (χ4v) is 2.32. The molecule has 0 amide bonds. The summed E-state index contributed by atoms with van der Waals surface area (Å²) in [4.78, 5) is 0. The first-order chi connectivity index (χ1) is 7.15. The fraction of sp³-hybridized carbons (Fsp3) is 0.867. The van der Waals surface area contributed by atoms with Crippen molar-refractivity contribution in [1.82, 2.24) is 0 Å². The van der Waals surface area contributed by atoms with Gasteiger partial charge in [0.15, 0.2) is 0 Å². The van der Waals surface area contributed by atoms with E-state index in [1.54, 1.807) is 0 Å². The molecular formula is C15H30. The normalized spacial score (nSPS) is 14.9. The molecule has 2 atom stereocenters. The molecule has 0 saturated heterocycles. The van der Waals surface area contributed by atoms with Crippen molar-refractivity contribution in [2.45, 2.75) is 72.6 Å². The molecule has 0 bridgehead atoms. The summed E-state index contributed by atoms with van der Waals surface area (Å²) in [6.07, 6.45) is 9.18. The van der Waals surface area contributed by atoms with Crippen molar-refractivity contribution >= 4 is 0 Å². The number of hydrogen-bond donors (Lipinski definition) is 0. The van der Waals surface area contributed by atoms with Crippen molar-refractivity contribution in [1.29, 1.82) is 0 Å². The molecule has 0 saturated carbocycles. The molecule has 0 nitrogen and oxygen atoms in total. The van der Waals surface area contributed by atoms with Gasteiger partial charge in [0.25, 0.3) is 0 Å². The van der Waals surface area contributed by atoms with E-state index in [1.807, 2.05) is 0 Å². The maximum absolute atomic E-state index is 4.28. The van der Waals surface area contributed by atoms with Crippen LogP contribution in [0.25, 0.3) is 0 Å². The van der Waals surface area contributed by atoms with Crippen LogP contribution in [-0.2, 0) is 0 Å². The van der Waals surface area contributed by atoms with E-state index in [-0.39, 0.29) is 0 Å². The molecule has 2 unspecified atom stereocenters. The lowest BCUT2D eigenvalue weighted by Crippen LogP contribution is -2.04. The highest BCUT2D eigenvalue weighted by atomic mass is 14.2. The highest BCUT2D eigenvalue weighted by Crippen LogP contribution is 2.25. The van der Waals surface area contributed by atoms with Gasteiger partial charge in [0, 0.05) is 0 Å². The molecular weight excluding hydrogens is 180 g/mol. The quantitative estimate of drug-likeness (QED) is 0.435. The summed E-state index contributed by atoms with van der Waals surface area (Å²) in [5.74, 6) is 1.66. The van der Waals surface area contributed by atoms with Crippen LogP contribution in [0.2, 0.25) is 0 Å². The molecule has 0 aliphatic heterocycles. The fourth-order valence-electron chi connectivity index (χ4n) is 2.32. The van der Waals surface area contributed by atoms with Gasteiger partial charge in [0.05, 0.1) is 0 Å². The lowest BCUT2D eigenvalue weighted by molar-refractivity contribution is 0.454. The van der Waals surface area contributed by atoms with E-state index < -0.39 is 0 Å². The summed E-state index contributed by atoms with van der Waals surface area (Å²) >= 11 is 0. The number of rotatable bonds is 9. The monoisotopic (exact) mass is 210 g/mol. The minimum atomic E-state index is 0.781. The molecule has 0 aromatic heterocycles. The van der Waals surface area contributed by atoms with Crippen molar-refractivity contribution in [2.24, 2.45) is 11.8 Å². The van der Waals surface area contributed by atoms with Crippen LogP contribution in [0.5, 0.6) is 0 Å². The van der Waals surface area contributed by atoms with Gasteiger partial charge >= 0.3 is 0 Å². The van der Waals surface area contributed by atoms with Crippen LogP contribution in [0.4, 0.5) is 0 Å². The second kappa shape index (κ2) is 9.00. The number of allylic oxidation sites excluding steroid dienone is 1. The molecule has 0 aliphatic carbocycles. The van der Waals surface area contributed by atoms with Gasteiger partial charge in [0.2, 0.25) is 0 Å². The van der Waals surface area contributed by atoms with Crippen LogP contribution in [0.15, 0.2) is 12.2 Å². The molecule has 0 aromatic carbocycles. The van der Waals surface area contributed by atoms with Crippen molar-refractivity contribution in [2.75, 3.05) is 0 Å². The van der Waals surface area contributed by atoms with Gasteiger partial charge in [-0.25, -0.2) is 0 Å². The lowest BCUT2D eigenvalue weighted by Gasteiger charge is -2.18. The molecule has 0 aliphatic rings. The Hall–Kier alpha value is -0.260. The third-order valence-electron chi connectivity index (χ3n) is 3.45. The Balaban J connectivity index is 3.79. The van der Waals surface area contributed by atoms with Crippen LogP contribution in [0, 0.1) is 11.8 Å². The van der Waals surface area contributed by atoms with E-state index >= 15 is 0 Å². The maximum Gasteiger partial charge on any atom is -0.0209 e. The second-order valence-electron chi connectivity index (χ2n) is 4.98. The largest absolute Gasteiger partial charge is 0.0996 e. The topological polar surface area (TPSA) is 0 Å². The first-order valence-corrected chi connectivity index (χ1v) is 6.83. The van der Waals surface area contributed by atoms with Gasteiger partial charge in [-0.2, -0.15) is 0 Å². The van der Waals surface area contributed by atoms with Crippen molar-refractivity contribution < 1.29 is 0 Å². The Morgan fingerprint density at radius 3 is 2.07 bits per heavy atom. The molecule has 0 N–H and O–H groups in total. The highest BCUT2D eigenvalue weighted by molar-refractivity contribution is 5.00. The second-order valence-corrected chi connectivity index (χ2v) is 4.98. The minimum absolute atomic E-state index is 0.781. The van der Waals surface area contributed by atoms with E-state index in [2.05, 4.69) is 34.3 Å². The summed E-state index contributed by atoms with van der Waals surface area (Å²) in [7, 11) is 0. The zero-order valence-corrected chi connectivity index (χ0v) is 11.3. The molecule has 15 heavy (non-hydrogen) atoms. The minimum Gasteiger partial charge on any atom is -0.0996 e. The third kappa shape index (κ3) is 6.76. The van der Waals surface area contributed by atoms with E-state index in [0.29, 0.717) is 0 Å². The number of hydrogen-bond acceptors (Lipinski definition) is 0. The molecule has 0 heterocycles. The molecule has 0 heteroatoms. The molecule has 0 rings (SSSR count). The van der Waals surface area contributed by atoms with E-state index in [0.717, 1.165) is 11.8 Å². The van der Waals surface area contributed by atoms with Gasteiger partial charge in [-0.05, 0) is 37.5 Å². The van der Waals surface area contributed by atoms with E-state index in [9.17, 15) is 0 Å². The van der Waals surface area contributed by atoms with Crippen LogP contribution < -0.4 is 0 Å². The summed E-state index contributed by atoms with van der Waals surface area (Å²) < 4.78 is 0. The highest BCUT2D eigenvalue weighted by Gasteiger charge is 2.10. The third-order valence-corrected chi connectivity index (χ3v) is 3.45. The van der Waals surface area contributed by atoms with Gasteiger partial charge in [-0.15, -0.1) is 0 Å². The summed E-state index contributed by atoms with van der Waals surface area (Å²) in [6.45, 7) is 13.5. The maximum atomic E-state index is 4.28. The van der Waals surface area contributed by atoms with Crippen LogP contribution >= 0.6 is 0 Å². The summed E-state index contributed by atoms with van der Waals surface area (Å²) in [6, 6.07) is 0. The van der Waals surface area contributed by atoms with Gasteiger partial charge < -0.3 is 0 Å². The lowest BCUT2D eigenvalue weighted by atomic mass is 9.87. The Bertz CT molecular complexity index is 157. The van der Waals surface area contributed by atoms with E-state index in [4.69, 9.17) is 0 Å². The van der Waals surface area contributed by atoms with Crippen LogP contribution in [0.1, 0.15) is 72.6 Å². The Labute approximate surface area is 97.2 Å². The molecule has 90 valence electrons. The predicted molar refractivity (Wildman–Crippen MR) is 71.1 cm³/mol. The summed E-state index contributed by atoms with van der Waals surface area (Å²) in [5.41, 5.74) is 1.50. The van der Waals surface area contributed by atoms with Crippen molar-refractivity contribution in [3.63, 3.8) is 0 Å².